The van der Waals surface area contributed by atoms with Gasteiger partial charge in [0.1, 0.15) is 0 Å². The maximum Gasteiger partial charge on any atom is 0.231 e. The van der Waals surface area contributed by atoms with Gasteiger partial charge in [-0.05, 0) is 19.4 Å². The second-order valence-corrected chi connectivity index (χ2v) is 11.2. The summed E-state index contributed by atoms with van der Waals surface area (Å²) in [5, 5.41) is 5.65. The van der Waals surface area contributed by atoms with Crippen molar-refractivity contribution in [2.45, 2.75) is 58.6 Å². The molecule has 2 saturated heterocycles. The van der Waals surface area contributed by atoms with Crippen LogP contribution >= 0.6 is 11.8 Å². The van der Waals surface area contributed by atoms with Crippen molar-refractivity contribution in [1.82, 2.24) is 10.6 Å². The Kier molecular flexibility index (Phi) is 8.55. The average molecular weight is 428 g/mol. The molecule has 3 atom stereocenters. The van der Waals surface area contributed by atoms with Gasteiger partial charge in [-0.3, -0.25) is 19.7 Å². The average Bonchev–Trinajstić information content (AvgIpc) is 3.19. The highest BCUT2D eigenvalue weighted by atomic mass is 32.2. The van der Waals surface area contributed by atoms with Crippen LogP contribution in [0.3, 0.4) is 0 Å². The number of nitrogens with two attached hydrogens (primary N) is 1. The zero-order chi connectivity index (χ0) is 21.7. The number of thioether (sulfide) groups is 1. The lowest BCUT2D eigenvalue weighted by Gasteiger charge is -2.28. The van der Waals surface area contributed by atoms with E-state index < -0.39 is 0 Å². The van der Waals surface area contributed by atoms with Crippen LogP contribution in [0.25, 0.3) is 0 Å². The summed E-state index contributed by atoms with van der Waals surface area (Å²) in [5.74, 6) is 0.213. The van der Waals surface area contributed by atoms with E-state index in [-0.39, 0.29) is 45.6 Å². The number of unbranched alkanes of at least 4 members (excludes halogenated alkanes) is 1. The van der Waals surface area contributed by atoms with Crippen molar-refractivity contribution in [2.75, 3.05) is 32.1 Å². The minimum Gasteiger partial charge on any atom is -0.380 e. The third kappa shape index (κ3) is 7.26. The molecule has 0 aromatic rings. The number of hydrogen-bond donors (Lipinski definition) is 3. The molecule has 2 fully saturated rings. The highest BCUT2D eigenvalue weighted by Gasteiger charge is 2.50. The highest BCUT2D eigenvalue weighted by molar-refractivity contribution is 8.00. The molecule has 7 nitrogen and oxygen atoms in total. The van der Waals surface area contributed by atoms with Crippen LogP contribution in [-0.4, -0.2) is 55.0 Å². The molecular formula is C21H37N3O4S. The number of rotatable bonds is 12. The fourth-order valence-corrected chi connectivity index (χ4v) is 5.28. The van der Waals surface area contributed by atoms with Crippen LogP contribution in [0.4, 0.5) is 0 Å². The zero-order valence-electron chi connectivity index (χ0n) is 18.2. The van der Waals surface area contributed by atoms with Gasteiger partial charge in [0.05, 0.1) is 25.0 Å². The van der Waals surface area contributed by atoms with E-state index in [2.05, 4.69) is 38.3 Å². The Labute approximate surface area is 178 Å². The Morgan fingerprint density at radius 2 is 1.86 bits per heavy atom. The molecule has 0 aliphatic carbocycles. The van der Waals surface area contributed by atoms with Gasteiger partial charge in [-0.15, -0.1) is 0 Å². The van der Waals surface area contributed by atoms with Crippen molar-refractivity contribution in [1.29, 1.82) is 0 Å². The number of amides is 3. The molecule has 29 heavy (non-hydrogen) atoms. The molecule has 2 heterocycles. The molecule has 0 aromatic carbocycles. The third-order valence-corrected chi connectivity index (χ3v) is 7.16. The topological polar surface area (TPSA) is 111 Å². The third-order valence-electron chi connectivity index (χ3n) is 5.65. The van der Waals surface area contributed by atoms with Crippen molar-refractivity contribution in [2.24, 2.45) is 28.4 Å². The van der Waals surface area contributed by atoms with E-state index in [9.17, 15) is 14.4 Å². The van der Waals surface area contributed by atoms with E-state index in [1.165, 1.54) is 0 Å². The summed E-state index contributed by atoms with van der Waals surface area (Å²) in [5.41, 5.74) is 5.54. The molecule has 3 amide bonds. The first kappa shape index (κ1) is 24.2. The number of carbonyl (C=O) groups is 3. The first-order valence-electron chi connectivity index (χ1n) is 10.6. The summed E-state index contributed by atoms with van der Waals surface area (Å²) in [4.78, 5) is 35.8. The Balaban J connectivity index is 1.59. The van der Waals surface area contributed by atoms with Crippen molar-refractivity contribution in [3.63, 3.8) is 0 Å². The normalized spacial score (nSPS) is 24.5. The predicted molar refractivity (Wildman–Crippen MR) is 115 cm³/mol. The summed E-state index contributed by atoms with van der Waals surface area (Å²) in [6.07, 6.45) is 3.03. The number of nitrogens with one attached hydrogen (secondary N) is 2. The Bertz CT molecular complexity index is 609. The molecule has 0 radical (unpaired) electrons. The lowest BCUT2D eigenvalue weighted by Crippen LogP contribution is -2.38. The summed E-state index contributed by atoms with van der Waals surface area (Å²) in [7, 11) is 0. The standard InChI is InChI=1S/C21H37N3O4S/c1-20(2,10-22)12-28-13-21(3,4)11-23-16(25)8-6-5-7-15-17-14(9-29-15)18(26)24-19(17)27/h14-15,17H,5-13,22H2,1-4H3,(H,23,25)(H,24,26,27)/t14-,15-,17-/m0/s1. The quantitative estimate of drug-likeness (QED) is 0.323. The Morgan fingerprint density at radius 1 is 1.17 bits per heavy atom. The molecule has 0 spiro atoms. The van der Waals surface area contributed by atoms with Crippen LogP contribution in [0, 0.1) is 22.7 Å². The number of hydrogen-bond acceptors (Lipinski definition) is 6. The molecule has 2 aliphatic rings. The van der Waals surface area contributed by atoms with Crippen molar-refractivity contribution >= 4 is 29.5 Å². The number of fused-ring (bicyclic) bond motifs is 1. The van der Waals surface area contributed by atoms with E-state index in [0.29, 0.717) is 32.7 Å². The van der Waals surface area contributed by atoms with Gasteiger partial charge in [0.2, 0.25) is 17.7 Å². The molecule has 0 unspecified atom stereocenters. The molecule has 166 valence electrons. The van der Waals surface area contributed by atoms with Crippen molar-refractivity contribution < 1.29 is 19.1 Å². The second kappa shape index (κ2) is 10.3. The first-order valence-corrected chi connectivity index (χ1v) is 11.6. The van der Waals surface area contributed by atoms with Crippen LogP contribution in [0.15, 0.2) is 0 Å². The highest BCUT2D eigenvalue weighted by Crippen LogP contribution is 2.42. The number of carbonyl (C=O) groups excluding carboxylic acids is 3. The molecule has 0 aromatic heterocycles. The fourth-order valence-electron chi connectivity index (χ4n) is 3.62. The summed E-state index contributed by atoms with van der Waals surface area (Å²) in [6, 6.07) is 0. The summed E-state index contributed by atoms with van der Waals surface area (Å²) < 4.78 is 5.80. The number of imide groups is 1. The molecule has 0 bridgehead atoms. The maximum atomic E-state index is 12.2. The van der Waals surface area contributed by atoms with Gasteiger partial charge >= 0.3 is 0 Å². The Morgan fingerprint density at radius 3 is 2.55 bits per heavy atom. The molecule has 8 heteroatoms. The number of ether oxygens (including phenoxy) is 1. The van der Waals surface area contributed by atoms with Gasteiger partial charge in [-0.2, -0.15) is 11.8 Å². The van der Waals surface area contributed by atoms with Crippen LogP contribution in [0.2, 0.25) is 0 Å². The maximum absolute atomic E-state index is 12.2. The van der Waals surface area contributed by atoms with Gasteiger partial charge in [0, 0.05) is 34.8 Å². The van der Waals surface area contributed by atoms with Gasteiger partial charge in [-0.1, -0.05) is 34.1 Å². The second-order valence-electron chi connectivity index (χ2n) is 9.91. The minimum absolute atomic E-state index is 0.0383. The molecule has 2 rings (SSSR count). The molecule has 4 N–H and O–H groups in total. The monoisotopic (exact) mass is 427 g/mol. The smallest absolute Gasteiger partial charge is 0.231 e. The van der Waals surface area contributed by atoms with Crippen LogP contribution in [0.5, 0.6) is 0 Å². The first-order chi connectivity index (χ1) is 13.5. The zero-order valence-corrected chi connectivity index (χ0v) is 19.0. The predicted octanol–water partition coefficient (Wildman–Crippen LogP) is 1.69. The van der Waals surface area contributed by atoms with E-state index in [0.717, 1.165) is 25.0 Å². The van der Waals surface area contributed by atoms with E-state index >= 15 is 0 Å². The SMILES string of the molecule is CC(C)(CN)COCC(C)(C)CNC(=O)CCCC[C@@H]1SC[C@@H]2C(=O)NC(=O)[C@H]12. The van der Waals surface area contributed by atoms with Crippen LogP contribution in [-0.2, 0) is 19.1 Å². The lowest BCUT2D eigenvalue weighted by molar-refractivity contribution is -0.126. The van der Waals surface area contributed by atoms with E-state index in [1.807, 2.05) is 0 Å². The van der Waals surface area contributed by atoms with Gasteiger partial charge < -0.3 is 15.8 Å². The molecule has 0 saturated carbocycles. The minimum atomic E-state index is -0.175. The lowest BCUT2D eigenvalue weighted by atomic mass is 9.91. The van der Waals surface area contributed by atoms with Crippen LogP contribution < -0.4 is 16.4 Å². The van der Waals surface area contributed by atoms with Crippen molar-refractivity contribution in [3.8, 4) is 0 Å². The van der Waals surface area contributed by atoms with Gasteiger partial charge in [0.25, 0.3) is 0 Å². The summed E-state index contributed by atoms with van der Waals surface area (Å²) >= 11 is 1.72. The Hall–Kier alpha value is -1.12. The van der Waals surface area contributed by atoms with Crippen LogP contribution in [0.1, 0.15) is 53.4 Å². The summed E-state index contributed by atoms with van der Waals surface area (Å²) in [6.45, 7) is 10.6. The van der Waals surface area contributed by atoms with Gasteiger partial charge in [0.15, 0.2) is 0 Å². The van der Waals surface area contributed by atoms with E-state index in [1.54, 1.807) is 11.8 Å². The van der Waals surface area contributed by atoms with E-state index in [4.69, 9.17) is 10.5 Å². The largest absolute Gasteiger partial charge is 0.380 e. The molecule has 2 aliphatic heterocycles. The fraction of sp³-hybridized carbons (Fsp3) is 0.857. The van der Waals surface area contributed by atoms with Crippen molar-refractivity contribution in [3.05, 3.63) is 0 Å². The molecular weight excluding hydrogens is 390 g/mol. The van der Waals surface area contributed by atoms with Gasteiger partial charge in [-0.25, -0.2) is 0 Å².